The van der Waals surface area contributed by atoms with Gasteiger partial charge in [-0.2, -0.15) is 13.9 Å². The Kier molecular flexibility index (Phi) is 6.64. The van der Waals surface area contributed by atoms with Crippen molar-refractivity contribution in [2.45, 2.75) is 49.0 Å². The summed E-state index contributed by atoms with van der Waals surface area (Å²) in [5, 5.41) is 9.93. The number of aromatic nitrogens is 2. The molecule has 186 valence electrons. The van der Waals surface area contributed by atoms with Crippen LogP contribution in [0.15, 0.2) is 59.5 Å². The fraction of sp³-hybridized carbons (Fsp3) is 0.385. The van der Waals surface area contributed by atoms with Gasteiger partial charge in [0.15, 0.2) is 5.82 Å². The minimum Gasteiger partial charge on any atom is -0.344 e. The van der Waals surface area contributed by atoms with Gasteiger partial charge in [-0.1, -0.05) is 36.4 Å². The van der Waals surface area contributed by atoms with Crippen molar-refractivity contribution in [2.24, 2.45) is 0 Å². The zero-order valence-corrected chi connectivity index (χ0v) is 21.6. The number of ketones is 1. The number of rotatable bonds is 5. The van der Waals surface area contributed by atoms with Gasteiger partial charge in [0.25, 0.3) is 0 Å². The van der Waals surface area contributed by atoms with Crippen molar-refractivity contribution in [3.63, 3.8) is 0 Å². The molecule has 8 nitrogen and oxygen atoms in total. The summed E-state index contributed by atoms with van der Waals surface area (Å²) in [6.45, 7) is 3.18. The highest BCUT2D eigenvalue weighted by atomic mass is 32.2. The Morgan fingerprint density at radius 2 is 1.83 bits per heavy atom. The zero-order chi connectivity index (χ0) is 25.3. The molecule has 2 aromatic carbocycles. The van der Waals surface area contributed by atoms with Crippen LogP contribution in [0, 0.1) is 11.3 Å². The molecule has 1 aliphatic carbocycles. The van der Waals surface area contributed by atoms with Crippen molar-refractivity contribution in [1.29, 1.82) is 5.26 Å². The van der Waals surface area contributed by atoms with E-state index in [0.29, 0.717) is 50.9 Å². The molecule has 0 N–H and O–H groups in total. The van der Waals surface area contributed by atoms with Crippen LogP contribution in [0.1, 0.15) is 49.6 Å². The molecule has 2 heterocycles. The molecular formula is C26H27N5O3S2. The SMILES string of the molecule is CC1CN(c2nc(C3(c4ccccc4)CCC(=O)CC3)ns2)CCN1S(=O)(=O)c1cccc(C#N)c1. The number of Topliss-reactive ketones (excluding diaryl/α,β-unsaturated/α-hetero) is 1. The second kappa shape index (κ2) is 9.73. The van der Waals surface area contributed by atoms with Gasteiger partial charge in [0.05, 0.1) is 21.9 Å². The second-order valence-electron chi connectivity index (χ2n) is 9.44. The first-order valence-corrected chi connectivity index (χ1v) is 14.2. The molecule has 5 rings (SSSR count). The molecule has 1 aliphatic heterocycles. The first-order valence-electron chi connectivity index (χ1n) is 12.0. The Bertz CT molecular complexity index is 1400. The molecule has 1 unspecified atom stereocenters. The molecule has 0 spiro atoms. The molecule has 0 radical (unpaired) electrons. The van der Waals surface area contributed by atoms with E-state index in [-0.39, 0.29) is 22.1 Å². The molecule has 1 aromatic heterocycles. The monoisotopic (exact) mass is 521 g/mol. The average molecular weight is 522 g/mol. The third kappa shape index (κ3) is 4.43. The minimum absolute atomic E-state index is 0.136. The standard InChI is InChI=1S/C26H27N5O3S2/c1-19-18-30(14-15-31(19)36(33,34)23-9-5-6-20(16-23)17-27)25-28-24(29-35-25)26(12-10-22(32)11-13-26)21-7-3-2-4-8-21/h2-9,16,19H,10-15,18H2,1H3. The van der Waals surface area contributed by atoms with Crippen LogP contribution < -0.4 is 4.90 Å². The molecular weight excluding hydrogens is 494 g/mol. The van der Waals surface area contributed by atoms with Gasteiger partial charge in [0.1, 0.15) is 5.78 Å². The number of hydrogen-bond donors (Lipinski definition) is 0. The molecule has 36 heavy (non-hydrogen) atoms. The molecule has 2 fully saturated rings. The summed E-state index contributed by atoms with van der Waals surface area (Å²) in [6, 6.07) is 18.0. The third-order valence-electron chi connectivity index (χ3n) is 7.24. The lowest BCUT2D eigenvalue weighted by molar-refractivity contribution is -0.121. The van der Waals surface area contributed by atoms with Gasteiger partial charge in [0.2, 0.25) is 15.2 Å². The molecule has 0 bridgehead atoms. The molecule has 10 heteroatoms. The topological polar surface area (TPSA) is 107 Å². The van der Waals surface area contributed by atoms with Gasteiger partial charge in [-0.15, -0.1) is 0 Å². The highest BCUT2D eigenvalue weighted by molar-refractivity contribution is 7.89. The van der Waals surface area contributed by atoms with Crippen LogP contribution >= 0.6 is 11.5 Å². The predicted octanol–water partition coefficient (Wildman–Crippen LogP) is 3.74. The molecule has 1 saturated carbocycles. The number of hydrogen-bond acceptors (Lipinski definition) is 8. The smallest absolute Gasteiger partial charge is 0.243 e. The maximum absolute atomic E-state index is 13.3. The molecule has 2 aliphatic rings. The summed E-state index contributed by atoms with van der Waals surface area (Å²) in [4.78, 5) is 19.2. The van der Waals surface area contributed by atoms with E-state index in [2.05, 4.69) is 17.0 Å². The summed E-state index contributed by atoms with van der Waals surface area (Å²) < 4.78 is 32.8. The fourth-order valence-electron chi connectivity index (χ4n) is 5.23. The number of benzene rings is 2. The Morgan fingerprint density at radius 3 is 2.53 bits per heavy atom. The predicted molar refractivity (Wildman–Crippen MR) is 137 cm³/mol. The normalized spacial score (nSPS) is 20.7. The van der Waals surface area contributed by atoms with Crippen molar-refractivity contribution >= 4 is 32.5 Å². The van der Waals surface area contributed by atoms with Crippen LogP contribution in [0.2, 0.25) is 0 Å². The van der Waals surface area contributed by atoms with Gasteiger partial charge in [-0.05, 0) is 43.5 Å². The van der Waals surface area contributed by atoms with Crippen LogP contribution in [0.25, 0.3) is 0 Å². The lowest BCUT2D eigenvalue weighted by Gasteiger charge is -2.38. The van der Waals surface area contributed by atoms with Crippen molar-refractivity contribution < 1.29 is 13.2 Å². The van der Waals surface area contributed by atoms with E-state index in [1.165, 1.54) is 28.0 Å². The number of piperazine rings is 1. The van der Waals surface area contributed by atoms with Crippen LogP contribution in [-0.2, 0) is 20.2 Å². The van der Waals surface area contributed by atoms with Crippen LogP contribution in [-0.4, -0.2) is 53.5 Å². The largest absolute Gasteiger partial charge is 0.344 e. The summed E-state index contributed by atoms with van der Waals surface area (Å²) in [7, 11) is -3.72. The Hall–Kier alpha value is -3.13. The summed E-state index contributed by atoms with van der Waals surface area (Å²) in [5.41, 5.74) is 1.07. The second-order valence-corrected chi connectivity index (χ2v) is 12.1. The van der Waals surface area contributed by atoms with Gasteiger partial charge in [-0.25, -0.2) is 13.4 Å². The Balaban J connectivity index is 1.37. The molecule has 0 amide bonds. The van der Waals surface area contributed by atoms with E-state index in [1.54, 1.807) is 12.1 Å². The zero-order valence-electron chi connectivity index (χ0n) is 20.0. The Morgan fingerprint density at radius 1 is 1.08 bits per heavy atom. The van der Waals surface area contributed by atoms with E-state index in [1.807, 2.05) is 31.2 Å². The van der Waals surface area contributed by atoms with E-state index < -0.39 is 10.0 Å². The molecule has 1 saturated heterocycles. The summed E-state index contributed by atoms with van der Waals surface area (Å²) in [6.07, 6.45) is 2.42. The van der Waals surface area contributed by atoms with Crippen molar-refractivity contribution in [1.82, 2.24) is 13.7 Å². The third-order valence-corrected chi connectivity index (χ3v) is 10.0. The van der Waals surface area contributed by atoms with Crippen molar-refractivity contribution in [3.05, 3.63) is 71.5 Å². The first-order chi connectivity index (χ1) is 17.3. The lowest BCUT2D eigenvalue weighted by Crippen LogP contribution is -2.54. The van der Waals surface area contributed by atoms with E-state index in [0.717, 1.165) is 16.5 Å². The van der Waals surface area contributed by atoms with E-state index in [4.69, 9.17) is 14.6 Å². The molecule has 3 aromatic rings. The average Bonchev–Trinajstić information content (AvgIpc) is 3.41. The number of carbonyl (C=O) groups excluding carboxylic acids is 1. The number of nitrogens with zero attached hydrogens (tertiary/aromatic N) is 5. The van der Waals surface area contributed by atoms with Gasteiger partial charge in [-0.3, -0.25) is 4.79 Å². The van der Waals surface area contributed by atoms with Crippen LogP contribution in [0.4, 0.5) is 5.13 Å². The summed E-state index contributed by atoms with van der Waals surface area (Å²) in [5.74, 6) is 1.03. The fourth-order valence-corrected chi connectivity index (χ4v) is 7.68. The molecule has 1 atom stereocenters. The van der Waals surface area contributed by atoms with Gasteiger partial charge in [0, 0.05) is 50.1 Å². The first kappa shape index (κ1) is 24.6. The van der Waals surface area contributed by atoms with Crippen LogP contribution in [0.3, 0.4) is 0 Å². The quantitative estimate of drug-likeness (QED) is 0.503. The Labute approximate surface area is 215 Å². The number of nitriles is 1. The van der Waals surface area contributed by atoms with Crippen LogP contribution in [0.5, 0.6) is 0 Å². The maximum Gasteiger partial charge on any atom is 0.243 e. The van der Waals surface area contributed by atoms with E-state index >= 15 is 0 Å². The summed E-state index contributed by atoms with van der Waals surface area (Å²) >= 11 is 1.33. The highest BCUT2D eigenvalue weighted by Crippen LogP contribution is 2.44. The number of anilines is 1. The van der Waals surface area contributed by atoms with Crippen molar-refractivity contribution in [2.75, 3.05) is 24.5 Å². The van der Waals surface area contributed by atoms with Gasteiger partial charge < -0.3 is 4.90 Å². The maximum atomic E-state index is 13.3. The van der Waals surface area contributed by atoms with E-state index in [9.17, 15) is 13.2 Å². The van der Waals surface area contributed by atoms with Crippen molar-refractivity contribution in [3.8, 4) is 6.07 Å². The number of carbonyl (C=O) groups is 1. The highest BCUT2D eigenvalue weighted by Gasteiger charge is 2.42. The minimum atomic E-state index is -3.72. The number of sulfonamides is 1. The van der Waals surface area contributed by atoms with Gasteiger partial charge >= 0.3 is 0 Å². The lowest BCUT2D eigenvalue weighted by atomic mass is 9.68.